The van der Waals surface area contributed by atoms with E-state index in [2.05, 4.69) is 0 Å². The van der Waals surface area contributed by atoms with Crippen LogP contribution in [0, 0.1) is 17.7 Å². The number of benzene rings is 1. The smallest absolute Gasteiger partial charge is 0.232 e. The molecule has 1 heterocycles. The summed E-state index contributed by atoms with van der Waals surface area (Å²) in [6.45, 7) is 5.11. The van der Waals surface area contributed by atoms with E-state index in [1.165, 1.54) is 6.07 Å². The van der Waals surface area contributed by atoms with Gasteiger partial charge in [0.05, 0.1) is 5.41 Å². The highest BCUT2D eigenvalue weighted by Gasteiger charge is 2.45. The highest BCUT2D eigenvalue weighted by Crippen LogP contribution is 2.39. The molecule has 1 aromatic carbocycles. The standard InChI is InChI=1S/C17H23FN2O.ClH/c1-17(2,13-5-3-4-6-14(13)18)16(21)20-9-11-7-8-15(19)12(11)10-20;/h3-6,11-12,15H,7-10,19H2,1-2H3;1H. The van der Waals surface area contributed by atoms with Crippen molar-refractivity contribution < 1.29 is 9.18 Å². The lowest BCUT2D eigenvalue weighted by atomic mass is 9.83. The molecular formula is C17H24ClFN2O. The van der Waals surface area contributed by atoms with Gasteiger partial charge in [0.1, 0.15) is 5.82 Å². The number of carbonyl (C=O) groups is 1. The van der Waals surface area contributed by atoms with Gasteiger partial charge in [-0.05, 0) is 44.6 Å². The van der Waals surface area contributed by atoms with Crippen molar-refractivity contribution in [2.45, 2.75) is 38.1 Å². The fourth-order valence-electron chi connectivity index (χ4n) is 3.95. The molecule has 2 N–H and O–H groups in total. The summed E-state index contributed by atoms with van der Waals surface area (Å²) in [7, 11) is 0. The topological polar surface area (TPSA) is 46.3 Å². The monoisotopic (exact) mass is 326 g/mol. The number of carbonyl (C=O) groups excluding carboxylic acids is 1. The van der Waals surface area contributed by atoms with Gasteiger partial charge < -0.3 is 10.6 Å². The molecule has 3 rings (SSSR count). The Bertz CT molecular complexity index is 563. The fourth-order valence-corrected chi connectivity index (χ4v) is 3.95. The summed E-state index contributed by atoms with van der Waals surface area (Å²) in [5, 5.41) is 0. The van der Waals surface area contributed by atoms with Crippen LogP contribution in [0.25, 0.3) is 0 Å². The maximum absolute atomic E-state index is 14.0. The molecule has 2 aliphatic rings. The van der Waals surface area contributed by atoms with Gasteiger partial charge >= 0.3 is 0 Å². The van der Waals surface area contributed by atoms with E-state index in [1.807, 2.05) is 18.7 Å². The number of hydrogen-bond acceptors (Lipinski definition) is 2. The van der Waals surface area contributed by atoms with E-state index in [-0.39, 0.29) is 30.2 Å². The minimum Gasteiger partial charge on any atom is -0.341 e. The van der Waals surface area contributed by atoms with Gasteiger partial charge in [0, 0.05) is 24.7 Å². The van der Waals surface area contributed by atoms with E-state index in [1.54, 1.807) is 18.2 Å². The van der Waals surface area contributed by atoms with E-state index < -0.39 is 5.41 Å². The third-order valence-electron chi connectivity index (χ3n) is 5.28. The van der Waals surface area contributed by atoms with Crippen LogP contribution in [0.1, 0.15) is 32.3 Å². The van der Waals surface area contributed by atoms with Crippen LogP contribution in [0.2, 0.25) is 0 Å². The number of likely N-dealkylation sites (tertiary alicyclic amines) is 1. The van der Waals surface area contributed by atoms with Crippen molar-refractivity contribution in [1.82, 2.24) is 4.90 Å². The molecule has 1 aromatic rings. The Labute approximate surface area is 137 Å². The van der Waals surface area contributed by atoms with Gasteiger partial charge in [0.25, 0.3) is 0 Å². The molecule has 1 saturated carbocycles. The summed E-state index contributed by atoms with van der Waals surface area (Å²) in [4.78, 5) is 14.8. The molecule has 3 atom stereocenters. The zero-order valence-electron chi connectivity index (χ0n) is 13.1. The molecule has 5 heteroatoms. The van der Waals surface area contributed by atoms with E-state index >= 15 is 0 Å². The SMILES string of the molecule is CC(C)(C(=O)N1CC2CCC(N)C2C1)c1ccccc1F.Cl. The van der Waals surface area contributed by atoms with Gasteiger partial charge in [-0.25, -0.2) is 4.39 Å². The molecule has 3 nitrogen and oxygen atoms in total. The van der Waals surface area contributed by atoms with Crippen molar-refractivity contribution in [3.8, 4) is 0 Å². The largest absolute Gasteiger partial charge is 0.341 e. The Morgan fingerprint density at radius 2 is 1.95 bits per heavy atom. The second kappa shape index (κ2) is 6.17. The quantitative estimate of drug-likeness (QED) is 0.908. The summed E-state index contributed by atoms with van der Waals surface area (Å²) >= 11 is 0. The molecular weight excluding hydrogens is 303 g/mol. The lowest BCUT2D eigenvalue weighted by Crippen LogP contribution is -2.44. The predicted octanol–water partition coefficient (Wildman–Crippen LogP) is 2.72. The molecule has 0 aromatic heterocycles. The van der Waals surface area contributed by atoms with Gasteiger partial charge in [-0.1, -0.05) is 18.2 Å². The molecule has 1 amide bonds. The zero-order valence-corrected chi connectivity index (χ0v) is 13.9. The van der Waals surface area contributed by atoms with Crippen molar-refractivity contribution in [2.24, 2.45) is 17.6 Å². The van der Waals surface area contributed by atoms with Crippen LogP contribution >= 0.6 is 12.4 Å². The minimum absolute atomic E-state index is 0. The van der Waals surface area contributed by atoms with E-state index in [9.17, 15) is 9.18 Å². The number of nitrogens with zero attached hydrogens (tertiary/aromatic N) is 1. The number of fused-ring (bicyclic) bond motifs is 1. The molecule has 0 radical (unpaired) electrons. The second-order valence-corrected chi connectivity index (χ2v) is 6.98. The van der Waals surface area contributed by atoms with Crippen molar-refractivity contribution >= 4 is 18.3 Å². The first-order valence-corrected chi connectivity index (χ1v) is 7.71. The van der Waals surface area contributed by atoms with Crippen LogP contribution in [-0.4, -0.2) is 29.9 Å². The normalized spacial score (nSPS) is 27.5. The van der Waals surface area contributed by atoms with Crippen LogP contribution in [0.5, 0.6) is 0 Å². The first-order valence-electron chi connectivity index (χ1n) is 7.71. The Morgan fingerprint density at radius 3 is 2.59 bits per heavy atom. The first-order chi connectivity index (χ1) is 9.91. The van der Waals surface area contributed by atoms with Crippen molar-refractivity contribution in [3.05, 3.63) is 35.6 Å². The third kappa shape index (κ3) is 2.74. The molecule has 1 aliphatic carbocycles. The fraction of sp³-hybridized carbons (Fsp3) is 0.588. The lowest BCUT2D eigenvalue weighted by molar-refractivity contribution is -0.135. The molecule has 0 spiro atoms. The van der Waals surface area contributed by atoms with Gasteiger partial charge in [-0.2, -0.15) is 0 Å². The highest BCUT2D eigenvalue weighted by atomic mass is 35.5. The van der Waals surface area contributed by atoms with Crippen molar-refractivity contribution in [2.75, 3.05) is 13.1 Å². The molecule has 1 saturated heterocycles. The zero-order chi connectivity index (χ0) is 15.2. The lowest BCUT2D eigenvalue weighted by Gasteiger charge is -2.30. The van der Waals surface area contributed by atoms with E-state index in [0.717, 1.165) is 25.9 Å². The molecule has 3 unspecified atom stereocenters. The van der Waals surface area contributed by atoms with Crippen LogP contribution < -0.4 is 5.73 Å². The van der Waals surface area contributed by atoms with Crippen LogP contribution in [0.15, 0.2) is 24.3 Å². The summed E-state index contributed by atoms with van der Waals surface area (Å²) in [6, 6.07) is 6.76. The maximum atomic E-state index is 14.0. The number of nitrogens with two attached hydrogens (primary N) is 1. The Balaban J connectivity index is 0.00000176. The average Bonchev–Trinajstić information content (AvgIpc) is 3.01. The summed E-state index contributed by atoms with van der Waals surface area (Å²) in [6.07, 6.45) is 2.17. The average molecular weight is 327 g/mol. The van der Waals surface area contributed by atoms with Crippen LogP contribution in [-0.2, 0) is 10.2 Å². The van der Waals surface area contributed by atoms with Gasteiger partial charge in [-0.15, -0.1) is 12.4 Å². The summed E-state index contributed by atoms with van der Waals surface area (Å²) < 4.78 is 14.0. The van der Waals surface area contributed by atoms with Crippen LogP contribution in [0.3, 0.4) is 0 Å². The molecule has 2 fully saturated rings. The summed E-state index contributed by atoms with van der Waals surface area (Å²) in [5.41, 5.74) is 5.76. The van der Waals surface area contributed by atoms with Gasteiger partial charge in [0.15, 0.2) is 0 Å². The second-order valence-electron chi connectivity index (χ2n) is 6.98. The Kier molecular flexibility index (Phi) is 4.83. The van der Waals surface area contributed by atoms with Crippen molar-refractivity contribution in [3.63, 3.8) is 0 Å². The van der Waals surface area contributed by atoms with Gasteiger partial charge in [0.2, 0.25) is 5.91 Å². The predicted molar refractivity (Wildman–Crippen MR) is 87.4 cm³/mol. The molecule has 22 heavy (non-hydrogen) atoms. The van der Waals surface area contributed by atoms with E-state index in [0.29, 0.717) is 17.4 Å². The highest BCUT2D eigenvalue weighted by molar-refractivity contribution is 5.87. The minimum atomic E-state index is -0.839. The molecule has 0 bridgehead atoms. The Hall–Kier alpha value is -1.13. The molecule has 1 aliphatic heterocycles. The number of rotatable bonds is 2. The maximum Gasteiger partial charge on any atom is 0.232 e. The van der Waals surface area contributed by atoms with E-state index in [4.69, 9.17) is 5.73 Å². The van der Waals surface area contributed by atoms with Gasteiger partial charge in [-0.3, -0.25) is 4.79 Å². The Morgan fingerprint density at radius 1 is 1.27 bits per heavy atom. The molecule has 122 valence electrons. The summed E-state index contributed by atoms with van der Waals surface area (Å²) in [5.74, 6) is 0.645. The number of halogens is 2. The van der Waals surface area contributed by atoms with Crippen molar-refractivity contribution in [1.29, 1.82) is 0 Å². The first kappa shape index (κ1) is 17.2. The number of hydrogen-bond donors (Lipinski definition) is 1. The van der Waals surface area contributed by atoms with Crippen LogP contribution in [0.4, 0.5) is 4.39 Å². The number of amides is 1. The third-order valence-corrected chi connectivity index (χ3v) is 5.28.